The van der Waals surface area contributed by atoms with Crippen LogP contribution in [0.2, 0.25) is 0 Å². The molecule has 0 saturated heterocycles. The van der Waals surface area contributed by atoms with Gasteiger partial charge in [0.15, 0.2) is 0 Å². The van der Waals surface area contributed by atoms with Crippen molar-refractivity contribution in [2.75, 3.05) is 7.11 Å². The molecule has 0 amide bonds. The Bertz CT molecular complexity index is 476. The Kier molecular flexibility index (Phi) is 3.61. The van der Waals surface area contributed by atoms with E-state index in [4.69, 9.17) is 10.5 Å². The van der Waals surface area contributed by atoms with Gasteiger partial charge in [0.1, 0.15) is 5.75 Å². The zero-order valence-corrected chi connectivity index (χ0v) is 13.1. The van der Waals surface area contributed by atoms with Crippen molar-refractivity contribution in [2.45, 2.75) is 56.4 Å². The fourth-order valence-corrected chi connectivity index (χ4v) is 4.14. The molecule has 2 nitrogen and oxygen atoms in total. The third-order valence-electron chi connectivity index (χ3n) is 4.89. The molecular formula is C16H22BrNO. The van der Waals surface area contributed by atoms with Gasteiger partial charge in [0.25, 0.3) is 0 Å². The van der Waals surface area contributed by atoms with Crippen molar-refractivity contribution in [3.63, 3.8) is 0 Å². The van der Waals surface area contributed by atoms with E-state index in [0.717, 1.165) is 23.1 Å². The molecule has 2 aliphatic rings. The molecular weight excluding hydrogens is 302 g/mol. The second-order valence-corrected chi connectivity index (χ2v) is 6.93. The minimum Gasteiger partial charge on any atom is -0.495 e. The van der Waals surface area contributed by atoms with Gasteiger partial charge < -0.3 is 10.5 Å². The van der Waals surface area contributed by atoms with Gasteiger partial charge in [-0.25, -0.2) is 0 Å². The molecule has 0 spiro atoms. The van der Waals surface area contributed by atoms with Crippen molar-refractivity contribution in [3.8, 4) is 5.75 Å². The van der Waals surface area contributed by atoms with Gasteiger partial charge in [0.2, 0.25) is 0 Å². The molecule has 3 heteroatoms. The van der Waals surface area contributed by atoms with Crippen LogP contribution in [0, 0.1) is 0 Å². The van der Waals surface area contributed by atoms with Crippen LogP contribution in [0.3, 0.4) is 0 Å². The Hall–Kier alpha value is -0.540. The number of hydrogen-bond acceptors (Lipinski definition) is 2. The maximum Gasteiger partial charge on any atom is 0.136 e. The summed E-state index contributed by atoms with van der Waals surface area (Å²) < 4.78 is 6.68. The minimum atomic E-state index is -0.0951. The first kappa shape index (κ1) is 13.4. The van der Waals surface area contributed by atoms with Crippen molar-refractivity contribution in [2.24, 2.45) is 5.73 Å². The molecule has 2 fully saturated rings. The molecule has 1 aromatic carbocycles. The normalized spacial score (nSPS) is 22.3. The van der Waals surface area contributed by atoms with E-state index in [1.54, 1.807) is 7.11 Å². The summed E-state index contributed by atoms with van der Waals surface area (Å²) in [6.45, 7) is 0. The lowest BCUT2D eigenvalue weighted by atomic mass is 9.72. The highest BCUT2D eigenvalue weighted by Crippen LogP contribution is 2.46. The topological polar surface area (TPSA) is 35.2 Å². The fourth-order valence-electron chi connectivity index (χ4n) is 3.50. The number of ether oxygens (including phenoxy) is 1. The summed E-state index contributed by atoms with van der Waals surface area (Å²) in [4.78, 5) is 0. The van der Waals surface area contributed by atoms with Crippen LogP contribution in [0.25, 0.3) is 0 Å². The van der Waals surface area contributed by atoms with Gasteiger partial charge in [-0.05, 0) is 77.2 Å². The predicted molar refractivity (Wildman–Crippen MR) is 81.6 cm³/mol. The van der Waals surface area contributed by atoms with Crippen molar-refractivity contribution in [1.29, 1.82) is 0 Å². The maximum absolute atomic E-state index is 6.49. The minimum absolute atomic E-state index is 0.0951. The lowest BCUT2D eigenvalue weighted by molar-refractivity contribution is 0.253. The number of halogens is 1. The monoisotopic (exact) mass is 323 g/mol. The molecule has 0 aromatic heterocycles. The second kappa shape index (κ2) is 5.10. The first-order valence-electron chi connectivity index (χ1n) is 7.31. The largest absolute Gasteiger partial charge is 0.495 e. The Morgan fingerprint density at radius 2 is 1.89 bits per heavy atom. The Balaban J connectivity index is 2.04. The molecule has 0 heterocycles. The summed E-state index contributed by atoms with van der Waals surface area (Å²) in [5.74, 6) is 1.66. The number of benzene rings is 1. The molecule has 0 radical (unpaired) electrons. The summed E-state index contributed by atoms with van der Waals surface area (Å²) in [7, 11) is 1.76. The highest BCUT2D eigenvalue weighted by molar-refractivity contribution is 9.10. The highest BCUT2D eigenvalue weighted by atomic mass is 79.9. The van der Waals surface area contributed by atoms with Gasteiger partial charge >= 0.3 is 0 Å². The molecule has 3 rings (SSSR count). The summed E-state index contributed by atoms with van der Waals surface area (Å²) in [6.07, 6.45) is 8.70. The molecule has 1 aromatic rings. The van der Waals surface area contributed by atoms with E-state index in [2.05, 4.69) is 28.1 Å². The average Bonchev–Trinajstić information content (AvgIpc) is 2.88. The van der Waals surface area contributed by atoms with Gasteiger partial charge in [-0.15, -0.1) is 0 Å². The van der Waals surface area contributed by atoms with E-state index >= 15 is 0 Å². The van der Waals surface area contributed by atoms with E-state index < -0.39 is 0 Å². The quantitative estimate of drug-likeness (QED) is 0.891. The van der Waals surface area contributed by atoms with Crippen LogP contribution in [-0.4, -0.2) is 7.11 Å². The van der Waals surface area contributed by atoms with Crippen LogP contribution in [0.1, 0.15) is 62.0 Å². The zero-order valence-electron chi connectivity index (χ0n) is 11.5. The lowest BCUT2D eigenvalue weighted by Gasteiger charge is -2.39. The maximum atomic E-state index is 6.49. The van der Waals surface area contributed by atoms with E-state index in [-0.39, 0.29) is 5.54 Å². The van der Waals surface area contributed by atoms with E-state index in [0.29, 0.717) is 5.92 Å². The molecule has 0 unspecified atom stereocenters. The van der Waals surface area contributed by atoms with Crippen LogP contribution in [0.5, 0.6) is 5.75 Å². The van der Waals surface area contributed by atoms with Crippen molar-refractivity contribution in [3.05, 3.63) is 27.7 Å². The van der Waals surface area contributed by atoms with Crippen LogP contribution >= 0.6 is 15.9 Å². The molecule has 0 bridgehead atoms. The van der Waals surface area contributed by atoms with Crippen molar-refractivity contribution in [1.82, 2.24) is 0 Å². The van der Waals surface area contributed by atoms with Crippen LogP contribution in [0.15, 0.2) is 16.6 Å². The van der Waals surface area contributed by atoms with E-state index in [1.165, 1.54) is 43.2 Å². The Morgan fingerprint density at radius 1 is 1.21 bits per heavy atom. The molecule has 0 aliphatic heterocycles. The summed E-state index contributed by atoms with van der Waals surface area (Å²) in [5, 5.41) is 0. The molecule has 2 saturated carbocycles. The van der Waals surface area contributed by atoms with Gasteiger partial charge in [-0.2, -0.15) is 0 Å². The first-order valence-corrected chi connectivity index (χ1v) is 8.10. The molecule has 2 aliphatic carbocycles. The van der Waals surface area contributed by atoms with Crippen molar-refractivity contribution >= 4 is 15.9 Å². The summed E-state index contributed by atoms with van der Waals surface area (Å²) >= 11 is 3.67. The second-order valence-electron chi connectivity index (χ2n) is 6.07. The molecule has 2 N–H and O–H groups in total. The number of rotatable bonds is 3. The Labute approximate surface area is 123 Å². The van der Waals surface area contributed by atoms with Crippen LogP contribution in [-0.2, 0) is 5.54 Å². The van der Waals surface area contributed by atoms with Crippen LogP contribution < -0.4 is 10.5 Å². The summed E-state index contributed by atoms with van der Waals surface area (Å²) in [6, 6.07) is 4.48. The first-order chi connectivity index (χ1) is 9.14. The number of nitrogens with two attached hydrogens (primary N) is 1. The third-order valence-corrected chi connectivity index (χ3v) is 5.48. The van der Waals surface area contributed by atoms with Gasteiger partial charge in [-0.1, -0.05) is 12.8 Å². The molecule has 19 heavy (non-hydrogen) atoms. The lowest BCUT2D eigenvalue weighted by Crippen LogP contribution is -2.43. The predicted octanol–water partition coefficient (Wildman–Crippen LogP) is 4.45. The standard InChI is InChI=1S/C16H22BrNO/c1-19-15-13(11-5-2-3-6-11)9-12(10-14(15)17)16(18)7-4-8-16/h9-11H,2-8,18H2,1H3. The molecule has 0 atom stereocenters. The number of methoxy groups -OCH3 is 1. The Morgan fingerprint density at radius 3 is 2.42 bits per heavy atom. The molecule has 104 valence electrons. The SMILES string of the molecule is COc1c(Br)cc(C2(N)CCC2)cc1C1CCCC1. The highest BCUT2D eigenvalue weighted by Gasteiger charge is 2.36. The van der Waals surface area contributed by atoms with Crippen LogP contribution in [0.4, 0.5) is 0 Å². The summed E-state index contributed by atoms with van der Waals surface area (Å²) in [5.41, 5.74) is 9.04. The smallest absolute Gasteiger partial charge is 0.136 e. The van der Waals surface area contributed by atoms with Gasteiger partial charge in [0, 0.05) is 5.54 Å². The van der Waals surface area contributed by atoms with E-state index in [1.807, 2.05) is 0 Å². The van der Waals surface area contributed by atoms with E-state index in [9.17, 15) is 0 Å². The number of hydrogen-bond donors (Lipinski definition) is 1. The van der Waals surface area contributed by atoms with Gasteiger partial charge in [0.05, 0.1) is 11.6 Å². The van der Waals surface area contributed by atoms with Gasteiger partial charge in [-0.3, -0.25) is 0 Å². The third kappa shape index (κ3) is 2.31. The van der Waals surface area contributed by atoms with Crippen molar-refractivity contribution < 1.29 is 4.74 Å². The average molecular weight is 324 g/mol. The fraction of sp³-hybridized carbons (Fsp3) is 0.625. The zero-order chi connectivity index (χ0) is 13.5.